The number of aliphatic carboxylic acids is 1. The second-order valence-electron chi connectivity index (χ2n) is 14.9. The van der Waals surface area contributed by atoms with Gasteiger partial charge in [0.25, 0.3) is 0 Å². The average molecular weight is 740 g/mol. The molecule has 7 rings (SSSR count). The molecule has 4 saturated heterocycles. The zero-order valence-corrected chi connectivity index (χ0v) is 30.3. The normalized spacial score (nSPS) is 19.9. The van der Waals surface area contributed by atoms with Crippen LogP contribution < -0.4 is 15.0 Å². The summed E-state index contributed by atoms with van der Waals surface area (Å²) in [6.45, 7) is 14.1. The lowest BCUT2D eigenvalue weighted by molar-refractivity contribution is -0.192. The number of carboxylic acids is 1. The molecule has 52 heavy (non-hydrogen) atoms. The van der Waals surface area contributed by atoms with Gasteiger partial charge < -0.3 is 20.1 Å². The Kier molecular flexibility index (Phi) is 11.3. The maximum atomic E-state index is 10.6. The van der Waals surface area contributed by atoms with Crippen LogP contribution in [0.25, 0.3) is 0 Å². The van der Waals surface area contributed by atoms with Crippen LogP contribution in [-0.2, 0) is 16.8 Å². The molecule has 0 unspecified atom stereocenters. The number of alkyl halides is 3. The Bertz CT molecular complexity index is 1740. The number of nitrogens with zero attached hydrogens (tertiary/aromatic N) is 6. The first-order chi connectivity index (χ1) is 24.7. The smallest absolute Gasteiger partial charge is 0.487 e. The highest BCUT2D eigenvalue weighted by molar-refractivity contribution is 6.30. The monoisotopic (exact) mass is 739 g/mol. The molecule has 5 heterocycles. The zero-order valence-electron chi connectivity index (χ0n) is 29.5. The molecule has 1 spiro atoms. The third-order valence-electron chi connectivity index (χ3n) is 11.1. The summed E-state index contributed by atoms with van der Waals surface area (Å²) < 4.78 is 37.9. The Hall–Kier alpha value is -3.96. The molecule has 14 heteroatoms. The number of halogens is 4. The standard InChI is InChI=1S/C36H44ClN7O.C2HF3O2/c1-35(2,28-17-26(20-38)18-29(37)19-28)27-3-5-33(6-4-27)45-23-30-7-12-40-34(41-30)43-15-10-36(11-16-43)24-44(25-36)31-8-13-42(14-9-31)32-21-39-22-32;3-2(4,5)1(6)7/h3-7,12,17-19,31-32,39H,8-11,13-16,21-25H2,1-2H3;(H,6,7). The van der Waals surface area contributed by atoms with Gasteiger partial charge in [-0.1, -0.05) is 37.6 Å². The van der Waals surface area contributed by atoms with Gasteiger partial charge in [0.15, 0.2) is 0 Å². The van der Waals surface area contributed by atoms with Gasteiger partial charge in [-0.3, -0.25) is 9.80 Å². The molecule has 278 valence electrons. The lowest BCUT2D eigenvalue weighted by Crippen LogP contribution is -2.65. The van der Waals surface area contributed by atoms with E-state index in [9.17, 15) is 18.4 Å². The van der Waals surface area contributed by atoms with Crippen molar-refractivity contribution < 1.29 is 27.8 Å². The summed E-state index contributed by atoms with van der Waals surface area (Å²) >= 11 is 6.29. The van der Waals surface area contributed by atoms with Gasteiger partial charge in [0.1, 0.15) is 12.4 Å². The summed E-state index contributed by atoms with van der Waals surface area (Å²) in [4.78, 5) is 26.2. The molecule has 0 bridgehead atoms. The van der Waals surface area contributed by atoms with Crippen LogP contribution in [0.5, 0.6) is 5.75 Å². The van der Waals surface area contributed by atoms with E-state index in [0.29, 0.717) is 22.6 Å². The van der Waals surface area contributed by atoms with E-state index in [1.54, 1.807) is 6.07 Å². The molecule has 2 N–H and O–H groups in total. The van der Waals surface area contributed by atoms with Crippen LogP contribution in [0.3, 0.4) is 0 Å². The fourth-order valence-electron chi connectivity index (χ4n) is 7.64. The number of aromatic nitrogens is 2. The number of hydrogen-bond acceptors (Lipinski definition) is 9. The molecular formula is C38H45ClF3N7O3. The molecule has 0 saturated carbocycles. The first-order valence-electron chi connectivity index (χ1n) is 17.7. The highest BCUT2D eigenvalue weighted by Crippen LogP contribution is 2.43. The summed E-state index contributed by atoms with van der Waals surface area (Å²) in [6, 6.07) is 19.4. The SMILES string of the molecule is CC(C)(c1ccc(OCc2ccnc(N3CCC4(CC3)CN(C3CCN(C5CNC5)CC3)C4)n2)cc1)c1cc(Cl)cc(C#N)c1.O=C(O)C(F)(F)F. The molecule has 1 aromatic heterocycles. The van der Waals surface area contributed by atoms with Gasteiger partial charge in [-0.15, -0.1) is 0 Å². The van der Waals surface area contributed by atoms with Crippen LogP contribution in [0.15, 0.2) is 54.7 Å². The molecular weight excluding hydrogens is 695 g/mol. The number of likely N-dealkylation sites (tertiary alicyclic amines) is 2. The van der Waals surface area contributed by atoms with Crippen LogP contribution in [0.2, 0.25) is 5.02 Å². The third-order valence-corrected chi connectivity index (χ3v) is 11.3. The van der Waals surface area contributed by atoms with E-state index in [4.69, 9.17) is 31.2 Å². The number of carbonyl (C=O) groups is 1. The Balaban J connectivity index is 0.000000604. The Labute approximate surface area is 307 Å². The number of nitriles is 1. The van der Waals surface area contributed by atoms with Crippen molar-refractivity contribution in [2.75, 3.05) is 57.3 Å². The average Bonchev–Trinajstić information content (AvgIpc) is 3.09. The third kappa shape index (κ3) is 8.80. The summed E-state index contributed by atoms with van der Waals surface area (Å²) in [5, 5.41) is 20.5. The zero-order chi connectivity index (χ0) is 37.1. The van der Waals surface area contributed by atoms with Crippen molar-refractivity contribution in [3.63, 3.8) is 0 Å². The van der Waals surface area contributed by atoms with Gasteiger partial charge in [-0.25, -0.2) is 14.8 Å². The molecule has 2 aromatic carbocycles. The number of nitrogens with one attached hydrogen (secondary N) is 1. The highest BCUT2D eigenvalue weighted by atomic mass is 35.5. The lowest BCUT2D eigenvalue weighted by atomic mass is 9.71. The van der Waals surface area contributed by atoms with Crippen molar-refractivity contribution in [3.05, 3.63) is 82.1 Å². The Morgan fingerprint density at radius 3 is 2.23 bits per heavy atom. The van der Waals surface area contributed by atoms with Gasteiger partial charge in [0.05, 0.1) is 17.3 Å². The number of rotatable bonds is 8. The minimum atomic E-state index is -5.08. The Morgan fingerprint density at radius 2 is 1.65 bits per heavy atom. The van der Waals surface area contributed by atoms with E-state index in [-0.39, 0.29) is 5.41 Å². The number of hydrogen-bond donors (Lipinski definition) is 2. The summed E-state index contributed by atoms with van der Waals surface area (Å²) in [5.41, 5.74) is 3.74. The molecule has 0 amide bonds. The second-order valence-corrected chi connectivity index (χ2v) is 15.3. The topological polar surface area (TPSA) is 118 Å². The van der Waals surface area contributed by atoms with Crippen molar-refractivity contribution >= 4 is 23.5 Å². The minimum absolute atomic E-state index is 0.313. The summed E-state index contributed by atoms with van der Waals surface area (Å²) in [7, 11) is 0. The molecule has 4 aliphatic heterocycles. The van der Waals surface area contributed by atoms with E-state index >= 15 is 0 Å². The van der Waals surface area contributed by atoms with Gasteiger partial charge in [0, 0.05) is 81.1 Å². The second kappa shape index (κ2) is 15.6. The largest absolute Gasteiger partial charge is 0.490 e. The molecule has 4 fully saturated rings. The Morgan fingerprint density at radius 1 is 1.00 bits per heavy atom. The van der Waals surface area contributed by atoms with E-state index < -0.39 is 12.1 Å². The van der Waals surface area contributed by atoms with Crippen LogP contribution in [-0.4, -0.2) is 101 Å². The number of piperidine rings is 2. The molecule has 4 aliphatic rings. The van der Waals surface area contributed by atoms with E-state index in [2.05, 4.69) is 57.0 Å². The first kappa shape index (κ1) is 37.8. The van der Waals surface area contributed by atoms with Crippen molar-refractivity contribution in [2.24, 2.45) is 5.41 Å². The van der Waals surface area contributed by atoms with Gasteiger partial charge >= 0.3 is 12.1 Å². The molecule has 0 aliphatic carbocycles. The van der Waals surface area contributed by atoms with Crippen molar-refractivity contribution in [3.8, 4) is 11.8 Å². The minimum Gasteiger partial charge on any atom is -0.487 e. The van der Waals surface area contributed by atoms with Gasteiger partial charge in [-0.2, -0.15) is 18.4 Å². The summed E-state index contributed by atoms with van der Waals surface area (Å²) in [6.07, 6.45) is 1.87. The van der Waals surface area contributed by atoms with E-state index in [1.165, 1.54) is 65.0 Å². The van der Waals surface area contributed by atoms with Gasteiger partial charge in [0.2, 0.25) is 5.95 Å². The quantitative estimate of drug-likeness (QED) is 0.290. The molecule has 0 atom stereocenters. The first-order valence-corrected chi connectivity index (χ1v) is 18.1. The number of carboxylic acid groups (broad SMARTS) is 1. The van der Waals surface area contributed by atoms with Crippen LogP contribution in [0, 0.1) is 16.7 Å². The number of ether oxygens (including phenoxy) is 1. The van der Waals surface area contributed by atoms with Crippen LogP contribution in [0.1, 0.15) is 61.9 Å². The van der Waals surface area contributed by atoms with Crippen molar-refractivity contribution in [2.45, 2.75) is 69.8 Å². The predicted molar refractivity (Wildman–Crippen MR) is 191 cm³/mol. The fourth-order valence-corrected chi connectivity index (χ4v) is 7.88. The fraction of sp³-hybridized carbons (Fsp3) is 0.526. The molecule has 10 nitrogen and oxygen atoms in total. The van der Waals surface area contributed by atoms with E-state index in [0.717, 1.165) is 53.7 Å². The molecule has 3 aromatic rings. The number of benzene rings is 2. The summed E-state index contributed by atoms with van der Waals surface area (Å²) in [5.74, 6) is -1.15. The van der Waals surface area contributed by atoms with Crippen LogP contribution >= 0.6 is 11.6 Å². The predicted octanol–water partition coefficient (Wildman–Crippen LogP) is 5.88. The molecule has 0 radical (unpaired) electrons. The van der Waals surface area contributed by atoms with Gasteiger partial charge in [-0.05, 0) is 78.6 Å². The number of anilines is 1. The van der Waals surface area contributed by atoms with E-state index in [1.807, 2.05) is 36.5 Å². The lowest BCUT2D eigenvalue weighted by Gasteiger charge is -2.57. The maximum Gasteiger partial charge on any atom is 0.490 e. The van der Waals surface area contributed by atoms with Crippen molar-refractivity contribution in [1.82, 2.24) is 25.1 Å². The van der Waals surface area contributed by atoms with Crippen LogP contribution in [0.4, 0.5) is 19.1 Å². The highest BCUT2D eigenvalue weighted by Gasteiger charge is 2.47. The maximum absolute atomic E-state index is 10.6. The van der Waals surface area contributed by atoms with Crippen molar-refractivity contribution in [1.29, 1.82) is 5.26 Å².